The first-order valence-corrected chi connectivity index (χ1v) is 7.10. The van der Waals surface area contributed by atoms with Gasteiger partial charge in [0.25, 0.3) is 0 Å². The molecular weight excluding hydrogens is 246 g/mol. The summed E-state index contributed by atoms with van der Waals surface area (Å²) >= 11 is 0. The van der Waals surface area contributed by atoms with Crippen LogP contribution in [0.4, 0.5) is 0 Å². The van der Waals surface area contributed by atoms with Gasteiger partial charge in [0, 0.05) is 12.1 Å². The quantitative estimate of drug-likeness (QED) is 0.891. The van der Waals surface area contributed by atoms with Crippen LogP contribution in [0.15, 0.2) is 72.4 Å². The standard InChI is InChI=1S/C18H19NO/c1-3-7-15(8-4-1)11-12-17-14-18(20-19-17)13-16-9-5-2-6-10-16/h1-10,14,18-19H,11-13H2. The van der Waals surface area contributed by atoms with Crippen LogP contribution in [0.1, 0.15) is 17.5 Å². The predicted molar refractivity (Wildman–Crippen MR) is 81.0 cm³/mol. The highest BCUT2D eigenvalue weighted by molar-refractivity contribution is 5.20. The number of rotatable bonds is 5. The second-order valence-electron chi connectivity index (χ2n) is 5.13. The smallest absolute Gasteiger partial charge is 0.109 e. The van der Waals surface area contributed by atoms with Gasteiger partial charge in [0.2, 0.25) is 0 Å². The van der Waals surface area contributed by atoms with Gasteiger partial charge in [0.15, 0.2) is 0 Å². The molecule has 0 saturated carbocycles. The summed E-state index contributed by atoms with van der Waals surface area (Å²) in [5, 5.41) is 0. The lowest BCUT2D eigenvalue weighted by Crippen LogP contribution is -2.14. The normalized spacial score (nSPS) is 17.6. The maximum Gasteiger partial charge on any atom is 0.109 e. The van der Waals surface area contributed by atoms with E-state index in [1.807, 2.05) is 6.07 Å². The molecule has 1 aliphatic heterocycles. The number of nitrogens with one attached hydrogen (secondary N) is 1. The molecule has 0 radical (unpaired) electrons. The fraction of sp³-hybridized carbons (Fsp3) is 0.222. The minimum Gasteiger partial charge on any atom is -0.271 e. The lowest BCUT2D eigenvalue weighted by molar-refractivity contribution is 0.0418. The minimum absolute atomic E-state index is 0.142. The molecule has 0 spiro atoms. The van der Waals surface area contributed by atoms with Crippen molar-refractivity contribution in [3.05, 3.63) is 83.6 Å². The summed E-state index contributed by atoms with van der Waals surface area (Å²) in [5.41, 5.74) is 6.92. The Morgan fingerprint density at radius 1 is 0.800 bits per heavy atom. The maximum absolute atomic E-state index is 5.62. The summed E-state index contributed by atoms with van der Waals surface area (Å²) in [6.07, 6.45) is 5.30. The highest BCUT2D eigenvalue weighted by atomic mass is 16.7. The third-order valence-corrected chi connectivity index (χ3v) is 3.53. The highest BCUT2D eigenvalue weighted by Gasteiger charge is 2.16. The molecule has 0 fully saturated rings. The molecule has 1 heterocycles. The fourth-order valence-electron chi connectivity index (χ4n) is 2.45. The SMILES string of the molecule is C1=C(CCc2ccccc2)NOC1Cc1ccccc1. The van der Waals surface area contributed by atoms with Crippen molar-refractivity contribution in [1.82, 2.24) is 5.48 Å². The summed E-state index contributed by atoms with van der Waals surface area (Å²) in [6, 6.07) is 21.0. The average molecular weight is 265 g/mol. The number of hydroxylamine groups is 1. The first kappa shape index (κ1) is 12.9. The van der Waals surface area contributed by atoms with Crippen LogP contribution in [-0.4, -0.2) is 6.10 Å². The zero-order valence-corrected chi connectivity index (χ0v) is 11.5. The molecule has 2 nitrogen and oxygen atoms in total. The molecule has 1 N–H and O–H groups in total. The van der Waals surface area contributed by atoms with Crippen molar-refractivity contribution in [3.8, 4) is 0 Å². The van der Waals surface area contributed by atoms with Gasteiger partial charge in [-0.25, -0.2) is 0 Å². The van der Waals surface area contributed by atoms with Crippen molar-refractivity contribution in [2.75, 3.05) is 0 Å². The van der Waals surface area contributed by atoms with Crippen molar-refractivity contribution in [3.63, 3.8) is 0 Å². The van der Waals surface area contributed by atoms with E-state index in [-0.39, 0.29) is 6.10 Å². The van der Waals surface area contributed by atoms with Crippen LogP contribution in [0.2, 0.25) is 0 Å². The molecule has 3 rings (SSSR count). The number of aryl methyl sites for hydroxylation is 1. The molecule has 102 valence electrons. The Labute approximate surface area is 120 Å². The molecule has 0 bridgehead atoms. The highest BCUT2D eigenvalue weighted by Crippen LogP contribution is 2.16. The summed E-state index contributed by atoms with van der Waals surface area (Å²) in [4.78, 5) is 5.62. The topological polar surface area (TPSA) is 21.3 Å². The molecule has 0 amide bonds. The molecule has 2 aromatic rings. The van der Waals surface area contributed by atoms with Crippen LogP contribution in [0, 0.1) is 0 Å². The number of hydrogen-bond donors (Lipinski definition) is 1. The molecule has 1 aliphatic rings. The largest absolute Gasteiger partial charge is 0.271 e. The first-order chi connectivity index (χ1) is 9.90. The van der Waals surface area contributed by atoms with E-state index in [0.29, 0.717) is 0 Å². The van der Waals surface area contributed by atoms with Crippen molar-refractivity contribution in [2.24, 2.45) is 0 Å². The Kier molecular flexibility index (Phi) is 4.14. The molecular formula is C18H19NO. The van der Waals surface area contributed by atoms with E-state index < -0.39 is 0 Å². The van der Waals surface area contributed by atoms with Crippen LogP contribution >= 0.6 is 0 Å². The molecule has 0 saturated heterocycles. The van der Waals surface area contributed by atoms with E-state index in [9.17, 15) is 0 Å². The van der Waals surface area contributed by atoms with Crippen LogP contribution in [-0.2, 0) is 17.7 Å². The van der Waals surface area contributed by atoms with Gasteiger partial charge in [-0.15, -0.1) is 0 Å². The van der Waals surface area contributed by atoms with Crippen molar-refractivity contribution < 1.29 is 4.84 Å². The van der Waals surface area contributed by atoms with Gasteiger partial charge in [0.05, 0.1) is 0 Å². The van der Waals surface area contributed by atoms with Crippen molar-refractivity contribution >= 4 is 0 Å². The number of hydrogen-bond acceptors (Lipinski definition) is 2. The lowest BCUT2D eigenvalue weighted by atomic mass is 10.1. The minimum atomic E-state index is 0.142. The second-order valence-corrected chi connectivity index (χ2v) is 5.13. The first-order valence-electron chi connectivity index (χ1n) is 7.10. The summed E-state index contributed by atoms with van der Waals surface area (Å²) in [7, 11) is 0. The molecule has 20 heavy (non-hydrogen) atoms. The van der Waals surface area contributed by atoms with E-state index in [4.69, 9.17) is 4.84 Å². The zero-order chi connectivity index (χ0) is 13.6. The Morgan fingerprint density at radius 3 is 2.15 bits per heavy atom. The van der Waals surface area contributed by atoms with Gasteiger partial charge >= 0.3 is 0 Å². The van der Waals surface area contributed by atoms with E-state index in [1.165, 1.54) is 16.8 Å². The van der Waals surface area contributed by atoms with Crippen molar-refractivity contribution in [2.45, 2.75) is 25.4 Å². The fourth-order valence-corrected chi connectivity index (χ4v) is 2.45. The second kappa shape index (κ2) is 6.40. The van der Waals surface area contributed by atoms with Gasteiger partial charge in [-0.2, -0.15) is 0 Å². The van der Waals surface area contributed by atoms with E-state index >= 15 is 0 Å². The summed E-state index contributed by atoms with van der Waals surface area (Å²) < 4.78 is 0. The summed E-state index contributed by atoms with van der Waals surface area (Å²) in [5.74, 6) is 0. The Hall–Kier alpha value is -2.06. The monoisotopic (exact) mass is 265 g/mol. The number of benzene rings is 2. The third kappa shape index (κ3) is 3.49. The van der Waals surface area contributed by atoms with E-state index in [2.05, 4.69) is 66.2 Å². The van der Waals surface area contributed by atoms with E-state index in [0.717, 1.165) is 19.3 Å². The van der Waals surface area contributed by atoms with Crippen LogP contribution < -0.4 is 5.48 Å². The van der Waals surface area contributed by atoms with Gasteiger partial charge in [-0.1, -0.05) is 60.7 Å². The van der Waals surface area contributed by atoms with Crippen LogP contribution in [0.25, 0.3) is 0 Å². The maximum atomic E-state index is 5.62. The van der Waals surface area contributed by atoms with Crippen LogP contribution in [0.3, 0.4) is 0 Å². The molecule has 0 aliphatic carbocycles. The molecule has 0 aromatic heterocycles. The Morgan fingerprint density at radius 2 is 1.45 bits per heavy atom. The molecule has 1 atom stereocenters. The van der Waals surface area contributed by atoms with E-state index in [1.54, 1.807) is 0 Å². The number of allylic oxidation sites excluding steroid dienone is 1. The summed E-state index contributed by atoms with van der Waals surface area (Å²) in [6.45, 7) is 0. The van der Waals surface area contributed by atoms with Gasteiger partial charge in [-0.3, -0.25) is 10.3 Å². The molecule has 2 heteroatoms. The van der Waals surface area contributed by atoms with Gasteiger partial charge in [0.1, 0.15) is 6.10 Å². The Balaban J connectivity index is 1.53. The van der Waals surface area contributed by atoms with Crippen molar-refractivity contribution in [1.29, 1.82) is 0 Å². The zero-order valence-electron chi connectivity index (χ0n) is 11.5. The predicted octanol–water partition coefficient (Wildman–Crippen LogP) is 3.65. The molecule has 2 aromatic carbocycles. The average Bonchev–Trinajstić information content (AvgIpc) is 2.95. The lowest BCUT2D eigenvalue weighted by Gasteiger charge is -2.07. The van der Waals surface area contributed by atoms with Gasteiger partial charge in [-0.05, 0) is 30.0 Å². The van der Waals surface area contributed by atoms with Gasteiger partial charge < -0.3 is 0 Å². The third-order valence-electron chi connectivity index (χ3n) is 3.53. The molecule has 1 unspecified atom stereocenters. The Bertz CT molecular complexity index is 562. The van der Waals surface area contributed by atoms with Crippen LogP contribution in [0.5, 0.6) is 0 Å².